The van der Waals surface area contributed by atoms with E-state index in [4.69, 9.17) is 10.8 Å². The third kappa shape index (κ3) is 3.92. The number of sulfone groups is 1. The largest absolute Gasteiger partial charge is 0.399 e. The number of hydrogen-bond acceptors (Lipinski definition) is 5. The first-order valence-corrected chi connectivity index (χ1v) is 8.22. The SMILES string of the molecule is Nc1ccc(CN(CCO)[C@@H]2CCS(=O)(=O)C2)cc1. The van der Waals surface area contributed by atoms with E-state index in [1.807, 2.05) is 29.2 Å². The predicted octanol–water partition coefficient (Wildman–Crippen LogP) is 0.250. The Hall–Kier alpha value is -1.11. The molecule has 0 spiro atoms. The van der Waals surface area contributed by atoms with Crippen molar-refractivity contribution in [3.05, 3.63) is 29.8 Å². The number of aliphatic hydroxyl groups is 1. The van der Waals surface area contributed by atoms with Crippen molar-refractivity contribution in [2.24, 2.45) is 0 Å². The lowest BCUT2D eigenvalue weighted by molar-refractivity contribution is 0.153. The fraction of sp³-hybridized carbons (Fsp3) is 0.538. The molecule has 0 aliphatic carbocycles. The summed E-state index contributed by atoms with van der Waals surface area (Å²) in [5.74, 6) is 0.448. The maximum atomic E-state index is 11.5. The van der Waals surface area contributed by atoms with Crippen molar-refractivity contribution in [1.29, 1.82) is 0 Å². The number of anilines is 1. The van der Waals surface area contributed by atoms with Crippen molar-refractivity contribution in [2.45, 2.75) is 19.0 Å². The van der Waals surface area contributed by atoms with Crippen molar-refractivity contribution in [1.82, 2.24) is 4.90 Å². The van der Waals surface area contributed by atoms with Crippen molar-refractivity contribution in [3.8, 4) is 0 Å². The summed E-state index contributed by atoms with van der Waals surface area (Å²) < 4.78 is 23.1. The molecule has 1 aliphatic heterocycles. The van der Waals surface area contributed by atoms with E-state index in [1.165, 1.54) is 0 Å². The minimum absolute atomic E-state index is 0.00898. The number of aliphatic hydroxyl groups excluding tert-OH is 1. The van der Waals surface area contributed by atoms with E-state index in [9.17, 15) is 8.42 Å². The van der Waals surface area contributed by atoms with Crippen LogP contribution in [0.25, 0.3) is 0 Å². The molecule has 0 amide bonds. The zero-order valence-electron chi connectivity index (χ0n) is 10.8. The molecule has 3 N–H and O–H groups in total. The summed E-state index contributed by atoms with van der Waals surface area (Å²) in [6.07, 6.45) is 0.650. The molecule has 1 aromatic rings. The van der Waals surface area contributed by atoms with Gasteiger partial charge in [0.25, 0.3) is 0 Å². The Balaban J connectivity index is 2.06. The van der Waals surface area contributed by atoms with Gasteiger partial charge in [0.1, 0.15) is 0 Å². The Bertz CT molecular complexity index is 513. The zero-order chi connectivity index (χ0) is 13.9. The molecule has 1 aliphatic rings. The molecule has 106 valence electrons. The average Bonchev–Trinajstić information content (AvgIpc) is 2.72. The predicted molar refractivity (Wildman–Crippen MR) is 75.4 cm³/mol. The Morgan fingerprint density at radius 2 is 2.00 bits per heavy atom. The molecule has 1 aromatic carbocycles. The van der Waals surface area contributed by atoms with Gasteiger partial charge in [0.15, 0.2) is 9.84 Å². The molecule has 5 nitrogen and oxygen atoms in total. The van der Waals surface area contributed by atoms with Crippen molar-refractivity contribution in [3.63, 3.8) is 0 Å². The molecular formula is C13H20N2O3S. The first-order chi connectivity index (χ1) is 9.00. The molecule has 0 bridgehead atoms. The van der Waals surface area contributed by atoms with Gasteiger partial charge in [0, 0.05) is 24.8 Å². The highest BCUT2D eigenvalue weighted by Gasteiger charge is 2.31. The van der Waals surface area contributed by atoms with Crippen molar-refractivity contribution >= 4 is 15.5 Å². The number of nitrogens with zero attached hydrogens (tertiary/aromatic N) is 1. The van der Waals surface area contributed by atoms with Gasteiger partial charge in [0.05, 0.1) is 18.1 Å². The summed E-state index contributed by atoms with van der Waals surface area (Å²) in [6.45, 7) is 1.16. The van der Waals surface area contributed by atoms with Gasteiger partial charge in [-0.25, -0.2) is 8.42 Å². The lowest BCUT2D eigenvalue weighted by Crippen LogP contribution is -2.37. The second kappa shape index (κ2) is 5.90. The third-order valence-electron chi connectivity index (χ3n) is 3.48. The van der Waals surface area contributed by atoms with E-state index in [0.717, 1.165) is 5.56 Å². The van der Waals surface area contributed by atoms with Gasteiger partial charge >= 0.3 is 0 Å². The number of rotatable bonds is 5. The van der Waals surface area contributed by atoms with Crippen molar-refractivity contribution < 1.29 is 13.5 Å². The molecule has 2 rings (SSSR count). The maximum Gasteiger partial charge on any atom is 0.151 e. The minimum atomic E-state index is -2.90. The Morgan fingerprint density at radius 3 is 2.53 bits per heavy atom. The van der Waals surface area contributed by atoms with Gasteiger partial charge < -0.3 is 10.8 Å². The number of benzene rings is 1. The van der Waals surface area contributed by atoms with Crippen LogP contribution in [0, 0.1) is 0 Å². The number of hydrogen-bond donors (Lipinski definition) is 2. The quantitative estimate of drug-likeness (QED) is 0.757. The van der Waals surface area contributed by atoms with E-state index >= 15 is 0 Å². The zero-order valence-corrected chi connectivity index (χ0v) is 11.6. The van der Waals surface area contributed by atoms with Crippen LogP contribution in [0.5, 0.6) is 0 Å². The lowest BCUT2D eigenvalue weighted by atomic mass is 10.1. The van der Waals surface area contributed by atoms with E-state index in [1.54, 1.807) is 0 Å². The van der Waals surface area contributed by atoms with Crippen LogP contribution in [-0.4, -0.2) is 49.1 Å². The standard InChI is InChI=1S/C13H20N2O3S/c14-12-3-1-11(2-4-12)9-15(6-7-16)13-5-8-19(17,18)10-13/h1-4,13,16H,5-10,14H2/t13-/m1/s1. The molecule has 0 unspecified atom stereocenters. The average molecular weight is 284 g/mol. The van der Waals surface area contributed by atoms with Gasteiger partial charge in [-0.1, -0.05) is 12.1 Å². The normalized spacial score (nSPS) is 21.9. The van der Waals surface area contributed by atoms with Gasteiger partial charge in [-0.05, 0) is 24.1 Å². The van der Waals surface area contributed by atoms with Crippen LogP contribution in [0.4, 0.5) is 5.69 Å². The molecule has 1 saturated heterocycles. The summed E-state index contributed by atoms with van der Waals surface area (Å²) in [5.41, 5.74) is 7.43. The van der Waals surface area contributed by atoms with E-state index in [0.29, 0.717) is 25.2 Å². The molecule has 0 radical (unpaired) electrons. The number of nitrogen functional groups attached to an aromatic ring is 1. The third-order valence-corrected chi connectivity index (χ3v) is 5.23. The summed E-state index contributed by atoms with van der Waals surface area (Å²) in [4.78, 5) is 2.04. The molecule has 0 aromatic heterocycles. The summed E-state index contributed by atoms with van der Waals surface area (Å²) in [5, 5.41) is 9.14. The molecule has 19 heavy (non-hydrogen) atoms. The molecule has 0 saturated carbocycles. The van der Waals surface area contributed by atoms with Crippen LogP contribution < -0.4 is 5.73 Å². The van der Waals surface area contributed by atoms with Crippen molar-refractivity contribution in [2.75, 3.05) is 30.4 Å². The monoisotopic (exact) mass is 284 g/mol. The topological polar surface area (TPSA) is 83.6 Å². The highest BCUT2D eigenvalue weighted by atomic mass is 32.2. The Labute approximate surface area is 113 Å². The summed E-state index contributed by atoms with van der Waals surface area (Å²) in [6, 6.07) is 7.54. The van der Waals surface area contributed by atoms with Gasteiger partial charge in [-0.3, -0.25) is 4.90 Å². The van der Waals surface area contributed by atoms with Gasteiger partial charge in [-0.2, -0.15) is 0 Å². The van der Waals surface area contributed by atoms with Crippen LogP contribution in [0.2, 0.25) is 0 Å². The molecule has 1 atom stereocenters. The first kappa shape index (κ1) is 14.3. The second-order valence-electron chi connectivity index (χ2n) is 4.99. The smallest absolute Gasteiger partial charge is 0.151 e. The molecule has 1 heterocycles. The van der Waals surface area contributed by atoms with E-state index < -0.39 is 9.84 Å². The van der Waals surface area contributed by atoms with Crippen LogP contribution in [-0.2, 0) is 16.4 Å². The van der Waals surface area contributed by atoms with Crippen LogP contribution in [0.3, 0.4) is 0 Å². The fourth-order valence-electron chi connectivity index (χ4n) is 2.44. The maximum absolute atomic E-state index is 11.5. The fourth-order valence-corrected chi connectivity index (χ4v) is 4.20. The molecule has 1 fully saturated rings. The van der Waals surface area contributed by atoms with Gasteiger partial charge in [-0.15, -0.1) is 0 Å². The highest BCUT2D eigenvalue weighted by Crippen LogP contribution is 2.20. The number of nitrogens with two attached hydrogens (primary N) is 1. The minimum Gasteiger partial charge on any atom is -0.399 e. The molecule has 6 heteroatoms. The Kier molecular flexibility index (Phi) is 4.44. The summed E-state index contributed by atoms with van der Waals surface area (Å²) >= 11 is 0. The first-order valence-electron chi connectivity index (χ1n) is 6.40. The Morgan fingerprint density at radius 1 is 1.32 bits per heavy atom. The van der Waals surface area contributed by atoms with Crippen LogP contribution in [0.1, 0.15) is 12.0 Å². The second-order valence-corrected chi connectivity index (χ2v) is 7.22. The van der Waals surface area contributed by atoms with E-state index in [-0.39, 0.29) is 24.2 Å². The van der Waals surface area contributed by atoms with Crippen LogP contribution >= 0.6 is 0 Å². The summed E-state index contributed by atoms with van der Waals surface area (Å²) in [7, 11) is -2.90. The highest BCUT2D eigenvalue weighted by molar-refractivity contribution is 7.91. The molecular weight excluding hydrogens is 264 g/mol. The van der Waals surface area contributed by atoms with E-state index in [2.05, 4.69) is 0 Å². The van der Waals surface area contributed by atoms with Crippen LogP contribution in [0.15, 0.2) is 24.3 Å². The lowest BCUT2D eigenvalue weighted by Gasteiger charge is -2.27. The van der Waals surface area contributed by atoms with Gasteiger partial charge in [0.2, 0.25) is 0 Å².